The lowest BCUT2D eigenvalue weighted by Crippen LogP contribution is -2.41. The second kappa shape index (κ2) is 6.99. The Bertz CT molecular complexity index is 504. The van der Waals surface area contributed by atoms with Crippen LogP contribution in [0.1, 0.15) is 18.4 Å². The molecule has 1 amide bonds. The van der Waals surface area contributed by atoms with E-state index < -0.39 is 0 Å². The summed E-state index contributed by atoms with van der Waals surface area (Å²) in [5.41, 5.74) is 0.988. The van der Waals surface area contributed by atoms with E-state index in [-0.39, 0.29) is 11.8 Å². The number of likely N-dealkylation sites (tertiary alicyclic amines) is 1. The Morgan fingerprint density at radius 1 is 1.65 bits per heavy atom. The standard InChI is InChI=1S/C15H20BrN3O/c1-11-5-3-7-17-14(11)18-15(20)13-6-4-8-19(10-13)9-12(2)16/h3,5,7,13H,2,4,6,8-10H2,1H3,(H,17,18,20)/t13-/m1/s1. The molecular weight excluding hydrogens is 318 g/mol. The number of aromatic nitrogens is 1. The lowest BCUT2D eigenvalue weighted by molar-refractivity contribution is -0.121. The van der Waals surface area contributed by atoms with Gasteiger partial charge in [0.15, 0.2) is 0 Å². The highest BCUT2D eigenvalue weighted by Gasteiger charge is 2.26. The fourth-order valence-electron chi connectivity index (χ4n) is 2.49. The molecule has 1 N–H and O–H groups in total. The summed E-state index contributed by atoms with van der Waals surface area (Å²) in [5.74, 6) is 0.758. The van der Waals surface area contributed by atoms with Gasteiger partial charge in [-0.25, -0.2) is 4.98 Å². The lowest BCUT2D eigenvalue weighted by Gasteiger charge is -2.31. The van der Waals surface area contributed by atoms with E-state index in [1.807, 2.05) is 19.1 Å². The first-order valence-corrected chi connectivity index (χ1v) is 7.63. The maximum atomic E-state index is 12.3. The van der Waals surface area contributed by atoms with E-state index in [0.717, 1.165) is 42.5 Å². The van der Waals surface area contributed by atoms with Crippen molar-refractivity contribution in [2.75, 3.05) is 25.0 Å². The van der Waals surface area contributed by atoms with Crippen molar-refractivity contribution in [2.45, 2.75) is 19.8 Å². The summed E-state index contributed by atoms with van der Waals surface area (Å²) in [6.45, 7) is 8.41. The van der Waals surface area contributed by atoms with Crippen LogP contribution in [0.4, 0.5) is 5.82 Å². The number of carbonyl (C=O) groups is 1. The van der Waals surface area contributed by atoms with E-state index in [9.17, 15) is 4.79 Å². The molecule has 4 nitrogen and oxygen atoms in total. The SMILES string of the molecule is C=C(Br)CN1CCC[C@@H](C(=O)Nc2ncccc2C)C1. The highest BCUT2D eigenvalue weighted by Crippen LogP contribution is 2.20. The van der Waals surface area contributed by atoms with Gasteiger partial charge in [-0.2, -0.15) is 0 Å². The molecule has 0 aromatic carbocycles. The maximum Gasteiger partial charge on any atom is 0.229 e. The van der Waals surface area contributed by atoms with Gasteiger partial charge in [0, 0.05) is 23.8 Å². The number of aryl methyl sites for hydroxylation is 1. The zero-order valence-corrected chi connectivity index (χ0v) is 13.3. The van der Waals surface area contributed by atoms with Crippen molar-refractivity contribution in [1.82, 2.24) is 9.88 Å². The monoisotopic (exact) mass is 337 g/mol. The Hall–Kier alpha value is -1.20. The molecule has 1 aliphatic heterocycles. The van der Waals surface area contributed by atoms with Crippen molar-refractivity contribution in [1.29, 1.82) is 0 Å². The molecule has 2 rings (SSSR count). The molecule has 20 heavy (non-hydrogen) atoms. The predicted octanol–water partition coefficient (Wildman–Crippen LogP) is 2.95. The number of pyridine rings is 1. The van der Waals surface area contributed by atoms with Crippen LogP contribution in [0, 0.1) is 12.8 Å². The number of hydrogen-bond acceptors (Lipinski definition) is 3. The molecule has 0 aliphatic carbocycles. The number of amides is 1. The zero-order chi connectivity index (χ0) is 14.5. The Balaban J connectivity index is 1.95. The van der Waals surface area contributed by atoms with Gasteiger partial charge in [-0.1, -0.05) is 28.6 Å². The molecule has 0 spiro atoms. The van der Waals surface area contributed by atoms with E-state index in [1.54, 1.807) is 6.20 Å². The molecular formula is C15H20BrN3O. The van der Waals surface area contributed by atoms with Gasteiger partial charge in [0.2, 0.25) is 5.91 Å². The summed E-state index contributed by atoms with van der Waals surface area (Å²) >= 11 is 3.38. The van der Waals surface area contributed by atoms with Gasteiger partial charge in [-0.05, 0) is 37.9 Å². The molecule has 1 aliphatic rings. The second-order valence-corrected chi connectivity index (χ2v) is 6.37. The van der Waals surface area contributed by atoms with Crippen molar-refractivity contribution < 1.29 is 4.79 Å². The summed E-state index contributed by atoms with van der Waals surface area (Å²) in [6.07, 6.45) is 3.67. The third-order valence-corrected chi connectivity index (χ3v) is 3.77. The van der Waals surface area contributed by atoms with Gasteiger partial charge in [0.05, 0.1) is 5.92 Å². The molecule has 1 aromatic heterocycles. The first-order valence-electron chi connectivity index (χ1n) is 6.84. The number of nitrogens with one attached hydrogen (secondary N) is 1. The maximum absolute atomic E-state index is 12.3. The number of halogens is 1. The smallest absolute Gasteiger partial charge is 0.229 e. The predicted molar refractivity (Wildman–Crippen MR) is 84.8 cm³/mol. The largest absolute Gasteiger partial charge is 0.310 e. The summed E-state index contributed by atoms with van der Waals surface area (Å²) < 4.78 is 0.958. The van der Waals surface area contributed by atoms with Crippen LogP contribution in [-0.2, 0) is 4.79 Å². The van der Waals surface area contributed by atoms with Gasteiger partial charge in [-0.15, -0.1) is 0 Å². The summed E-state index contributed by atoms with van der Waals surface area (Å²) in [7, 11) is 0. The fourth-order valence-corrected chi connectivity index (χ4v) is 2.85. The molecule has 2 heterocycles. The van der Waals surface area contributed by atoms with Crippen molar-refractivity contribution >= 4 is 27.7 Å². The number of rotatable bonds is 4. The summed E-state index contributed by atoms with van der Waals surface area (Å²) in [5, 5.41) is 2.94. The van der Waals surface area contributed by atoms with E-state index in [4.69, 9.17) is 0 Å². The van der Waals surface area contributed by atoms with Crippen molar-refractivity contribution in [3.05, 3.63) is 35.0 Å². The second-order valence-electron chi connectivity index (χ2n) is 5.25. The molecule has 1 aromatic rings. The Morgan fingerprint density at radius 2 is 2.45 bits per heavy atom. The minimum absolute atomic E-state index is 0.0250. The average Bonchev–Trinajstić information content (AvgIpc) is 2.41. The van der Waals surface area contributed by atoms with Crippen LogP contribution in [0.25, 0.3) is 0 Å². The quantitative estimate of drug-likeness (QED) is 0.918. The van der Waals surface area contributed by atoms with Crippen molar-refractivity contribution in [3.8, 4) is 0 Å². The fraction of sp³-hybridized carbons (Fsp3) is 0.467. The van der Waals surface area contributed by atoms with Gasteiger partial charge >= 0.3 is 0 Å². The van der Waals surface area contributed by atoms with E-state index >= 15 is 0 Å². The van der Waals surface area contributed by atoms with Crippen molar-refractivity contribution in [2.24, 2.45) is 5.92 Å². The van der Waals surface area contributed by atoms with Crippen LogP contribution < -0.4 is 5.32 Å². The Kier molecular flexibility index (Phi) is 5.31. The number of nitrogens with zero attached hydrogens (tertiary/aromatic N) is 2. The Labute approximate surface area is 128 Å². The average molecular weight is 338 g/mol. The number of anilines is 1. The third-order valence-electron chi connectivity index (χ3n) is 3.52. The Morgan fingerprint density at radius 3 is 3.15 bits per heavy atom. The molecule has 0 radical (unpaired) electrons. The molecule has 0 bridgehead atoms. The molecule has 5 heteroatoms. The van der Waals surface area contributed by atoms with Gasteiger partial charge in [0.1, 0.15) is 5.82 Å². The van der Waals surface area contributed by atoms with Crippen LogP contribution >= 0.6 is 15.9 Å². The van der Waals surface area contributed by atoms with Crippen LogP contribution in [-0.4, -0.2) is 35.4 Å². The van der Waals surface area contributed by atoms with Crippen molar-refractivity contribution in [3.63, 3.8) is 0 Å². The van der Waals surface area contributed by atoms with Crippen LogP contribution in [0.2, 0.25) is 0 Å². The first-order chi connectivity index (χ1) is 9.56. The van der Waals surface area contributed by atoms with Gasteiger partial charge in [-0.3, -0.25) is 9.69 Å². The van der Waals surface area contributed by atoms with Crippen LogP contribution in [0.15, 0.2) is 29.4 Å². The highest BCUT2D eigenvalue weighted by atomic mass is 79.9. The normalized spacial score (nSPS) is 19.6. The molecule has 0 saturated carbocycles. The number of piperidine rings is 1. The minimum Gasteiger partial charge on any atom is -0.310 e. The van der Waals surface area contributed by atoms with E-state index in [2.05, 4.69) is 37.7 Å². The van der Waals surface area contributed by atoms with E-state index in [1.165, 1.54) is 0 Å². The number of hydrogen-bond donors (Lipinski definition) is 1. The molecule has 1 fully saturated rings. The topological polar surface area (TPSA) is 45.2 Å². The van der Waals surface area contributed by atoms with Gasteiger partial charge < -0.3 is 5.32 Å². The third kappa shape index (κ3) is 4.15. The van der Waals surface area contributed by atoms with E-state index in [0.29, 0.717) is 5.82 Å². The molecule has 0 unspecified atom stereocenters. The molecule has 1 atom stereocenters. The van der Waals surface area contributed by atoms with Crippen LogP contribution in [0.5, 0.6) is 0 Å². The minimum atomic E-state index is 0.0250. The van der Waals surface area contributed by atoms with Crippen LogP contribution in [0.3, 0.4) is 0 Å². The number of carbonyl (C=O) groups excluding carboxylic acids is 1. The zero-order valence-electron chi connectivity index (χ0n) is 11.7. The first kappa shape index (κ1) is 15.2. The summed E-state index contributed by atoms with van der Waals surface area (Å²) in [4.78, 5) is 18.8. The summed E-state index contributed by atoms with van der Waals surface area (Å²) in [6, 6.07) is 3.82. The van der Waals surface area contributed by atoms with Gasteiger partial charge in [0.25, 0.3) is 0 Å². The molecule has 108 valence electrons. The highest BCUT2D eigenvalue weighted by molar-refractivity contribution is 9.11. The lowest BCUT2D eigenvalue weighted by atomic mass is 9.97. The molecule has 1 saturated heterocycles.